The Bertz CT molecular complexity index is 406. The van der Waals surface area contributed by atoms with Crippen molar-refractivity contribution in [3.63, 3.8) is 0 Å². The van der Waals surface area contributed by atoms with Crippen LogP contribution in [0.25, 0.3) is 0 Å². The van der Waals surface area contributed by atoms with Crippen molar-refractivity contribution in [2.24, 2.45) is 5.92 Å². The maximum Gasteiger partial charge on any atom is 0.224 e. The van der Waals surface area contributed by atoms with Crippen LogP contribution in [-0.4, -0.2) is 29.1 Å². The van der Waals surface area contributed by atoms with E-state index in [0.717, 1.165) is 30.8 Å². The number of aromatic nitrogens is 2. The minimum atomic E-state index is 0.580. The summed E-state index contributed by atoms with van der Waals surface area (Å²) in [4.78, 5) is 11.4. The van der Waals surface area contributed by atoms with Crippen molar-refractivity contribution in [2.45, 2.75) is 51.5 Å². The van der Waals surface area contributed by atoms with Crippen LogP contribution in [0.4, 0.5) is 11.8 Å². The highest BCUT2D eigenvalue weighted by molar-refractivity contribution is 5.43. The molecule has 3 rings (SSSR count). The molecule has 1 saturated heterocycles. The first-order valence-corrected chi connectivity index (χ1v) is 7.66. The van der Waals surface area contributed by atoms with Gasteiger partial charge < -0.3 is 10.2 Å². The largest absolute Gasteiger partial charge is 0.356 e. The van der Waals surface area contributed by atoms with Gasteiger partial charge in [-0.05, 0) is 37.7 Å². The number of hydrogen-bond donors (Lipinski definition) is 1. The normalized spacial score (nSPS) is 21.8. The van der Waals surface area contributed by atoms with E-state index in [0.29, 0.717) is 6.04 Å². The van der Waals surface area contributed by atoms with E-state index in [1.165, 1.54) is 38.5 Å². The lowest BCUT2D eigenvalue weighted by atomic mass is 9.99. The lowest BCUT2D eigenvalue weighted by Crippen LogP contribution is -2.33. The highest BCUT2D eigenvalue weighted by Gasteiger charge is 2.19. The predicted octanol–water partition coefficient (Wildman–Crippen LogP) is 3.07. The molecule has 2 aliphatic rings. The first kappa shape index (κ1) is 12.7. The fourth-order valence-corrected chi connectivity index (χ4v) is 3.09. The molecule has 19 heavy (non-hydrogen) atoms. The summed E-state index contributed by atoms with van der Waals surface area (Å²) in [6.45, 7) is 4.59. The highest BCUT2D eigenvalue weighted by Crippen LogP contribution is 2.23. The Morgan fingerprint density at radius 3 is 2.63 bits per heavy atom. The van der Waals surface area contributed by atoms with Crippen molar-refractivity contribution < 1.29 is 0 Å². The molecule has 0 atom stereocenters. The third-order valence-corrected chi connectivity index (χ3v) is 4.44. The van der Waals surface area contributed by atoms with Crippen LogP contribution in [-0.2, 0) is 0 Å². The van der Waals surface area contributed by atoms with Gasteiger partial charge in [-0.2, -0.15) is 4.98 Å². The Morgan fingerprint density at radius 1 is 1.16 bits per heavy atom. The number of rotatable bonds is 3. The van der Waals surface area contributed by atoms with Gasteiger partial charge in [-0.25, -0.2) is 4.98 Å². The van der Waals surface area contributed by atoms with E-state index in [4.69, 9.17) is 0 Å². The average molecular weight is 260 g/mol. The zero-order valence-corrected chi connectivity index (χ0v) is 11.8. The SMILES string of the molecule is CC1CCN(c2ccnc(NC3CCCC3)n2)CC1. The summed E-state index contributed by atoms with van der Waals surface area (Å²) in [5, 5.41) is 3.48. The lowest BCUT2D eigenvalue weighted by molar-refractivity contribution is 0.436. The van der Waals surface area contributed by atoms with Crippen molar-refractivity contribution in [3.8, 4) is 0 Å². The summed E-state index contributed by atoms with van der Waals surface area (Å²) in [5.41, 5.74) is 0. The smallest absolute Gasteiger partial charge is 0.224 e. The average Bonchev–Trinajstić information content (AvgIpc) is 2.93. The molecule has 104 valence electrons. The number of nitrogens with one attached hydrogen (secondary N) is 1. The van der Waals surface area contributed by atoms with Crippen LogP contribution in [0.5, 0.6) is 0 Å². The highest BCUT2D eigenvalue weighted by atomic mass is 15.2. The Kier molecular flexibility index (Phi) is 3.85. The standard InChI is InChI=1S/C15H24N4/c1-12-7-10-19(11-8-12)14-6-9-16-15(18-14)17-13-4-2-3-5-13/h6,9,12-13H,2-5,7-8,10-11H2,1H3,(H,16,17,18). The quantitative estimate of drug-likeness (QED) is 0.907. The minimum Gasteiger partial charge on any atom is -0.356 e. The Balaban J connectivity index is 1.65. The van der Waals surface area contributed by atoms with Crippen molar-refractivity contribution >= 4 is 11.8 Å². The van der Waals surface area contributed by atoms with Crippen LogP contribution >= 0.6 is 0 Å². The molecule has 1 aliphatic carbocycles. The van der Waals surface area contributed by atoms with E-state index in [1.807, 2.05) is 12.3 Å². The van der Waals surface area contributed by atoms with E-state index in [1.54, 1.807) is 0 Å². The van der Waals surface area contributed by atoms with Gasteiger partial charge in [-0.3, -0.25) is 0 Å². The van der Waals surface area contributed by atoms with Crippen LogP contribution in [0, 0.1) is 5.92 Å². The van der Waals surface area contributed by atoms with Crippen LogP contribution in [0.15, 0.2) is 12.3 Å². The molecule has 1 aliphatic heterocycles. The maximum atomic E-state index is 4.69. The summed E-state index contributed by atoms with van der Waals surface area (Å²) in [5.74, 6) is 2.75. The monoisotopic (exact) mass is 260 g/mol. The van der Waals surface area contributed by atoms with Crippen LogP contribution < -0.4 is 10.2 Å². The molecule has 2 heterocycles. The van der Waals surface area contributed by atoms with Crippen molar-refractivity contribution in [3.05, 3.63) is 12.3 Å². The molecule has 1 aromatic rings. The molecule has 0 unspecified atom stereocenters. The molecular weight excluding hydrogens is 236 g/mol. The van der Waals surface area contributed by atoms with Crippen LogP contribution in [0.3, 0.4) is 0 Å². The minimum absolute atomic E-state index is 0.580. The number of hydrogen-bond acceptors (Lipinski definition) is 4. The first-order valence-electron chi connectivity index (χ1n) is 7.66. The van der Waals surface area contributed by atoms with Crippen molar-refractivity contribution in [2.75, 3.05) is 23.3 Å². The first-order chi connectivity index (χ1) is 9.31. The van der Waals surface area contributed by atoms with E-state index in [2.05, 4.69) is 27.1 Å². The molecule has 0 spiro atoms. The van der Waals surface area contributed by atoms with E-state index in [9.17, 15) is 0 Å². The molecule has 0 aromatic carbocycles. The van der Waals surface area contributed by atoms with Crippen LogP contribution in [0.2, 0.25) is 0 Å². The number of nitrogens with zero attached hydrogens (tertiary/aromatic N) is 3. The Morgan fingerprint density at radius 2 is 1.89 bits per heavy atom. The molecular formula is C15H24N4. The van der Waals surface area contributed by atoms with Gasteiger partial charge in [0.1, 0.15) is 5.82 Å². The van der Waals surface area contributed by atoms with Gasteiger partial charge in [-0.1, -0.05) is 19.8 Å². The third kappa shape index (κ3) is 3.17. The fourth-order valence-electron chi connectivity index (χ4n) is 3.09. The summed E-state index contributed by atoms with van der Waals surface area (Å²) >= 11 is 0. The van der Waals surface area contributed by atoms with Gasteiger partial charge in [0, 0.05) is 25.3 Å². The van der Waals surface area contributed by atoms with Crippen molar-refractivity contribution in [1.29, 1.82) is 0 Å². The topological polar surface area (TPSA) is 41.1 Å². The third-order valence-electron chi connectivity index (χ3n) is 4.44. The van der Waals surface area contributed by atoms with Crippen molar-refractivity contribution in [1.82, 2.24) is 9.97 Å². The molecule has 1 saturated carbocycles. The number of piperidine rings is 1. The summed E-state index contributed by atoms with van der Waals surface area (Å²) in [6.07, 6.45) is 9.62. The van der Waals surface area contributed by atoms with Gasteiger partial charge in [0.15, 0.2) is 0 Å². The van der Waals surface area contributed by atoms with Crippen LogP contribution in [0.1, 0.15) is 45.4 Å². The molecule has 1 N–H and O–H groups in total. The zero-order valence-electron chi connectivity index (χ0n) is 11.8. The molecule has 2 fully saturated rings. The fraction of sp³-hybridized carbons (Fsp3) is 0.733. The molecule has 4 nitrogen and oxygen atoms in total. The summed E-state index contributed by atoms with van der Waals surface area (Å²) < 4.78 is 0. The molecule has 0 radical (unpaired) electrons. The Labute approximate surface area is 115 Å². The molecule has 0 bridgehead atoms. The van der Waals surface area contributed by atoms with Gasteiger partial charge in [0.2, 0.25) is 5.95 Å². The number of anilines is 2. The van der Waals surface area contributed by atoms with Gasteiger partial charge in [0.25, 0.3) is 0 Å². The molecule has 0 amide bonds. The lowest BCUT2D eigenvalue weighted by Gasteiger charge is -2.31. The second-order valence-electron chi connectivity index (χ2n) is 6.03. The molecule has 1 aromatic heterocycles. The second-order valence-corrected chi connectivity index (χ2v) is 6.03. The van der Waals surface area contributed by atoms with Gasteiger partial charge >= 0.3 is 0 Å². The van der Waals surface area contributed by atoms with E-state index in [-0.39, 0.29) is 0 Å². The van der Waals surface area contributed by atoms with E-state index < -0.39 is 0 Å². The summed E-state index contributed by atoms with van der Waals surface area (Å²) in [7, 11) is 0. The molecule has 4 heteroatoms. The van der Waals surface area contributed by atoms with E-state index >= 15 is 0 Å². The van der Waals surface area contributed by atoms with Gasteiger partial charge in [-0.15, -0.1) is 0 Å². The zero-order chi connectivity index (χ0) is 13.1. The predicted molar refractivity (Wildman–Crippen MR) is 78.5 cm³/mol. The second kappa shape index (κ2) is 5.76. The Hall–Kier alpha value is -1.32. The summed E-state index contributed by atoms with van der Waals surface area (Å²) in [6, 6.07) is 2.62. The maximum absolute atomic E-state index is 4.69. The van der Waals surface area contributed by atoms with Gasteiger partial charge in [0.05, 0.1) is 0 Å².